The molecule has 3 nitrogen and oxygen atoms in total. The molecule has 0 fully saturated rings. The zero-order valence-corrected chi connectivity index (χ0v) is 9.46. The molecule has 0 aliphatic rings. The Bertz CT molecular complexity index is 333. The van der Waals surface area contributed by atoms with Crippen molar-refractivity contribution in [3.63, 3.8) is 0 Å². The Morgan fingerprint density at radius 2 is 1.81 bits per heavy atom. The van der Waals surface area contributed by atoms with Crippen LogP contribution in [0.1, 0.15) is 5.56 Å². The number of nitrogens with zero attached hydrogens (tertiary/aromatic N) is 1. The summed E-state index contributed by atoms with van der Waals surface area (Å²) in [6.45, 7) is 0.937. The normalized spacial score (nSPS) is 10.9. The molecule has 0 atom stereocenters. The van der Waals surface area contributed by atoms with E-state index in [2.05, 4.69) is 0 Å². The number of likely N-dealkylation sites (N-methyl/N-ethyl adjacent to an activating group) is 1. The highest BCUT2D eigenvalue weighted by molar-refractivity contribution is 5.31. The van der Waals surface area contributed by atoms with Gasteiger partial charge in [-0.3, -0.25) is 0 Å². The molecule has 1 aromatic carbocycles. The zero-order chi connectivity index (χ0) is 12.1. The molecule has 0 heterocycles. The van der Waals surface area contributed by atoms with Crippen LogP contribution in [0, 0.1) is 11.6 Å². The van der Waals surface area contributed by atoms with Gasteiger partial charge < -0.3 is 15.4 Å². The molecule has 2 N–H and O–H groups in total. The van der Waals surface area contributed by atoms with E-state index in [1.54, 1.807) is 0 Å². The van der Waals surface area contributed by atoms with Gasteiger partial charge in [0, 0.05) is 13.1 Å². The lowest BCUT2D eigenvalue weighted by molar-refractivity contribution is 0.242. The molecular weight excluding hydrogens is 214 g/mol. The van der Waals surface area contributed by atoms with Gasteiger partial charge in [-0.25, -0.2) is 8.78 Å². The Labute approximate surface area is 93.8 Å². The quantitative estimate of drug-likeness (QED) is 0.830. The van der Waals surface area contributed by atoms with Crippen molar-refractivity contribution in [1.29, 1.82) is 0 Å². The van der Waals surface area contributed by atoms with Gasteiger partial charge in [-0.1, -0.05) is 0 Å². The van der Waals surface area contributed by atoms with Gasteiger partial charge in [0.15, 0.2) is 17.4 Å². The van der Waals surface area contributed by atoms with Crippen LogP contribution in [0.4, 0.5) is 8.78 Å². The molecule has 0 aliphatic carbocycles. The van der Waals surface area contributed by atoms with E-state index in [-0.39, 0.29) is 18.9 Å². The van der Waals surface area contributed by atoms with Gasteiger partial charge in [0.1, 0.15) is 6.61 Å². The lowest BCUT2D eigenvalue weighted by Gasteiger charge is -2.12. The monoisotopic (exact) mass is 230 g/mol. The predicted octanol–water partition coefficient (Wildman–Crippen LogP) is 1.36. The molecule has 5 heteroatoms. The number of hydrogen-bond acceptors (Lipinski definition) is 3. The summed E-state index contributed by atoms with van der Waals surface area (Å²) in [7, 11) is 3.71. The minimum absolute atomic E-state index is 0.103. The molecule has 0 bridgehead atoms. The minimum Gasteiger partial charge on any atom is -0.486 e. The first-order valence-corrected chi connectivity index (χ1v) is 5.00. The van der Waals surface area contributed by atoms with E-state index in [9.17, 15) is 8.78 Å². The second kappa shape index (κ2) is 5.77. The Kier molecular flexibility index (Phi) is 4.64. The van der Waals surface area contributed by atoms with Gasteiger partial charge >= 0.3 is 0 Å². The highest BCUT2D eigenvalue weighted by atomic mass is 19.1. The van der Waals surface area contributed by atoms with Crippen molar-refractivity contribution in [3.8, 4) is 5.75 Å². The summed E-state index contributed by atoms with van der Waals surface area (Å²) in [5.41, 5.74) is 5.71. The van der Waals surface area contributed by atoms with Gasteiger partial charge in [0.25, 0.3) is 0 Å². The van der Waals surface area contributed by atoms with E-state index in [0.29, 0.717) is 12.1 Å². The van der Waals surface area contributed by atoms with E-state index in [1.807, 2.05) is 19.0 Å². The number of ether oxygens (including phenoxy) is 1. The van der Waals surface area contributed by atoms with Gasteiger partial charge in [-0.15, -0.1) is 0 Å². The molecule has 0 amide bonds. The van der Waals surface area contributed by atoms with Crippen molar-refractivity contribution in [2.24, 2.45) is 5.73 Å². The molecule has 0 aromatic heterocycles. The Hall–Kier alpha value is -1.20. The smallest absolute Gasteiger partial charge is 0.190 e. The Morgan fingerprint density at radius 1 is 1.25 bits per heavy atom. The third kappa shape index (κ3) is 3.43. The fraction of sp³-hybridized carbons (Fsp3) is 0.455. The molecule has 0 saturated heterocycles. The first-order chi connectivity index (χ1) is 7.54. The Morgan fingerprint density at radius 3 is 2.25 bits per heavy atom. The van der Waals surface area contributed by atoms with Gasteiger partial charge in [0.2, 0.25) is 0 Å². The number of rotatable bonds is 5. The van der Waals surface area contributed by atoms with Crippen LogP contribution in [0.5, 0.6) is 5.75 Å². The lowest BCUT2D eigenvalue weighted by atomic mass is 10.2. The summed E-state index contributed by atoms with van der Waals surface area (Å²) < 4.78 is 31.8. The molecule has 0 radical (unpaired) electrons. The van der Waals surface area contributed by atoms with Gasteiger partial charge in [0.05, 0.1) is 0 Å². The SMILES string of the molecule is CN(C)CCOc1c(F)cc(CN)cc1F. The number of halogens is 2. The van der Waals surface area contributed by atoms with E-state index < -0.39 is 11.6 Å². The summed E-state index contributed by atoms with van der Waals surface area (Å²) >= 11 is 0. The Balaban J connectivity index is 2.72. The second-order valence-corrected chi connectivity index (χ2v) is 3.74. The molecular formula is C11H16F2N2O. The standard InChI is InChI=1S/C11H16F2N2O/c1-15(2)3-4-16-11-9(12)5-8(7-14)6-10(11)13/h5-6H,3-4,7,14H2,1-2H3. The van der Waals surface area contributed by atoms with Crippen LogP contribution in [0.25, 0.3) is 0 Å². The first kappa shape index (κ1) is 12.9. The maximum atomic E-state index is 13.4. The fourth-order valence-electron chi connectivity index (χ4n) is 1.20. The average Bonchev–Trinajstić information content (AvgIpc) is 2.21. The molecule has 1 rings (SSSR count). The summed E-state index contributed by atoms with van der Waals surface area (Å²) in [5.74, 6) is -1.75. The van der Waals surface area contributed by atoms with Crippen LogP contribution in [0.15, 0.2) is 12.1 Å². The molecule has 0 aliphatic heterocycles. The third-order valence-corrected chi connectivity index (χ3v) is 2.08. The van der Waals surface area contributed by atoms with Gasteiger partial charge in [-0.05, 0) is 31.8 Å². The summed E-state index contributed by atoms with van der Waals surface area (Å²) in [6, 6.07) is 2.38. The van der Waals surface area contributed by atoms with Crippen LogP contribution in [-0.2, 0) is 6.54 Å². The van der Waals surface area contributed by atoms with Crippen molar-refractivity contribution in [2.45, 2.75) is 6.54 Å². The van der Waals surface area contributed by atoms with E-state index in [0.717, 1.165) is 0 Å². The maximum Gasteiger partial charge on any atom is 0.190 e. The summed E-state index contributed by atoms with van der Waals surface area (Å²) in [5, 5.41) is 0. The summed E-state index contributed by atoms with van der Waals surface area (Å²) in [4.78, 5) is 1.87. The van der Waals surface area contributed by atoms with Crippen LogP contribution in [-0.4, -0.2) is 32.1 Å². The average molecular weight is 230 g/mol. The van der Waals surface area contributed by atoms with Crippen LogP contribution in [0.3, 0.4) is 0 Å². The highest BCUT2D eigenvalue weighted by Crippen LogP contribution is 2.23. The molecule has 1 aromatic rings. The fourth-order valence-corrected chi connectivity index (χ4v) is 1.20. The first-order valence-electron chi connectivity index (χ1n) is 5.00. The number of benzene rings is 1. The van der Waals surface area contributed by atoms with Crippen molar-refractivity contribution in [2.75, 3.05) is 27.2 Å². The van der Waals surface area contributed by atoms with Crippen LogP contribution in [0.2, 0.25) is 0 Å². The molecule has 16 heavy (non-hydrogen) atoms. The minimum atomic E-state index is -0.709. The van der Waals surface area contributed by atoms with E-state index >= 15 is 0 Å². The lowest BCUT2D eigenvalue weighted by Crippen LogP contribution is -2.20. The van der Waals surface area contributed by atoms with Crippen molar-refractivity contribution in [3.05, 3.63) is 29.3 Å². The van der Waals surface area contributed by atoms with Crippen molar-refractivity contribution in [1.82, 2.24) is 4.90 Å². The third-order valence-electron chi connectivity index (χ3n) is 2.08. The van der Waals surface area contributed by atoms with Crippen LogP contribution < -0.4 is 10.5 Å². The molecule has 0 spiro atoms. The number of nitrogens with two attached hydrogens (primary N) is 1. The van der Waals surface area contributed by atoms with Gasteiger partial charge in [-0.2, -0.15) is 0 Å². The van der Waals surface area contributed by atoms with Crippen LogP contribution >= 0.6 is 0 Å². The second-order valence-electron chi connectivity index (χ2n) is 3.74. The molecule has 90 valence electrons. The van der Waals surface area contributed by atoms with Crippen molar-refractivity contribution >= 4 is 0 Å². The summed E-state index contributed by atoms with van der Waals surface area (Å²) in [6.07, 6.45) is 0. The predicted molar refractivity (Wildman–Crippen MR) is 58.3 cm³/mol. The molecule has 0 saturated carbocycles. The van der Waals surface area contributed by atoms with Crippen molar-refractivity contribution < 1.29 is 13.5 Å². The maximum absolute atomic E-state index is 13.4. The zero-order valence-electron chi connectivity index (χ0n) is 9.46. The van der Waals surface area contributed by atoms with E-state index in [4.69, 9.17) is 10.5 Å². The molecule has 0 unspecified atom stereocenters. The largest absolute Gasteiger partial charge is 0.486 e. The number of hydrogen-bond donors (Lipinski definition) is 1. The highest BCUT2D eigenvalue weighted by Gasteiger charge is 2.12. The topological polar surface area (TPSA) is 38.5 Å². The van der Waals surface area contributed by atoms with E-state index in [1.165, 1.54) is 12.1 Å².